The number of carbonyl (C=O) groups is 2. The van der Waals surface area contributed by atoms with Crippen LogP contribution in [-0.4, -0.2) is 33.9 Å². The molecule has 1 heterocycles. The van der Waals surface area contributed by atoms with E-state index >= 15 is 0 Å². The monoisotopic (exact) mass is 177 g/mol. The summed E-state index contributed by atoms with van der Waals surface area (Å²) in [7, 11) is 0. The Kier molecular flexibility index (Phi) is 2.34. The van der Waals surface area contributed by atoms with Crippen LogP contribution in [0.5, 0.6) is 0 Å². The highest BCUT2D eigenvalue weighted by Gasteiger charge is 2.32. The number of likely N-dealkylation sites (tertiary alicyclic amines) is 1. The van der Waals surface area contributed by atoms with E-state index in [1.165, 1.54) is 0 Å². The SMILES string of the molecule is O=C(Cl)C1CCCN1C(=O)O. The standard InChI is InChI=1S/C6H8ClNO3/c7-5(9)4-2-1-3-8(4)6(10)11/h4H,1-3H2,(H,10,11). The predicted molar refractivity (Wildman–Crippen MR) is 38.6 cm³/mol. The smallest absolute Gasteiger partial charge is 0.407 e. The molecule has 0 aromatic heterocycles. The molecular weight excluding hydrogens is 170 g/mol. The van der Waals surface area contributed by atoms with Gasteiger partial charge in [-0.15, -0.1) is 0 Å². The molecule has 1 N–H and O–H groups in total. The summed E-state index contributed by atoms with van der Waals surface area (Å²) < 4.78 is 0. The van der Waals surface area contributed by atoms with Gasteiger partial charge in [0.1, 0.15) is 6.04 Å². The molecule has 4 nitrogen and oxygen atoms in total. The molecule has 0 saturated carbocycles. The molecule has 1 atom stereocenters. The molecule has 0 radical (unpaired) electrons. The van der Waals surface area contributed by atoms with Crippen molar-refractivity contribution in [3.8, 4) is 0 Å². The van der Waals surface area contributed by atoms with Gasteiger partial charge in [0.15, 0.2) is 0 Å². The number of nitrogens with zero attached hydrogens (tertiary/aromatic N) is 1. The fourth-order valence-electron chi connectivity index (χ4n) is 1.23. The third kappa shape index (κ3) is 1.63. The van der Waals surface area contributed by atoms with E-state index in [1.807, 2.05) is 0 Å². The van der Waals surface area contributed by atoms with Gasteiger partial charge in [-0.3, -0.25) is 9.69 Å². The van der Waals surface area contributed by atoms with Crippen LogP contribution in [0.3, 0.4) is 0 Å². The molecule has 0 aromatic rings. The molecule has 1 saturated heterocycles. The summed E-state index contributed by atoms with van der Waals surface area (Å²) in [5, 5.41) is 7.97. The first-order valence-electron chi connectivity index (χ1n) is 3.32. The van der Waals surface area contributed by atoms with Crippen LogP contribution in [0.4, 0.5) is 4.79 Å². The molecule has 5 heteroatoms. The molecule has 11 heavy (non-hydrogen) atoms. The molecule has 1 fully saturated rings. The zero-order valence-corrected chi connectivity index (χ0v) is 6.54. The van der Waals surface area contributed by atoms with E-state index in [4.69, 9.17) is 16.7 Å². The second kappa shape index (κ2) is 3.09. The van der Waals surface area contributed by atoms with Crippen LogP contribution in [0.2, 0.25) is 0 Å². The van der Waals surface area contributed by atoms with E-state index in [2.05, 4.69) is 0 Å². The van der Waals surface area contributed by atoms with Gasteiger partial charge in [-0.25, -0.2) is 4.79 Å². The van der Waals surface area contributed by atoms with Gasteiger partial charge >= 0.3 is 6.09 Å². The van der Waals surface area contributed by atoms with E-state index in [-0.39, 0.29) is 0 Å². The second-order valence-corrected chi connectivity index (χ2v) is 2.81. The molecule has 1 rings (SSSR count). The molecule has 0 spiro atoms. The third-order valence-electron chi connectivity index (χ3n) is 1.76. The van der Waals surface area contributed by atoms with Crippen molar-refractivity contribution in [3.05, 3.63) is 0 Å². The van der Waals surface area contributed by atoms with E-state index in [0.717, 1.165) is 11.3 Å². The maximum absolute atomic E-state index is 10.6. The third-order valence-corrected chi connectivity index (χ3v) is 2.01. The van der Waals surface area contributed by atoms with E-state index < -0.39 is 17.4 Å². The first-order valence-corrected chi connectivity index (χ1v) is 3.69. The van der Waals surface area contributed by atoms with Gasteiger partial charge in [0.05, 0.1) is 0 Å². The Morgan fingerprint density at radius 2 is 2.18 bits per heavy atom. The fourth-order valence-corrected chi connectivity index (χ4v) is 1.46. The Labute approximate surface area is 68.7 Å². The van der Waals surface area contributed by atoms with Crippen LogP contribution >= 0.6 is 11.6 Å². The van der Waals surface area contributed by atoms with Crippen molar-refractivity contribution in [1.82, 2.24) is 4.90 Å². The van der Waals surface area contributed by atoms with Crippen molar-refractivity contribution < 1.29 is 14.7 Å². The number of carboxylic acid groups (broad SMARTS) is 1. The van der Waals surface area contributed by atoms with Crippen LogP contribution in [0.1, 0.15) is 12.8 Å². The van der Waals surface area contributed by atoms with Gasteiger partial charge < -0.3 is 5.11 Å². The lowest BCUT2D eigenvalue weighted by atomic mass is 10.2. The lowest BCUT2D eigenvalue weighted by molar-refractivity contribution is -0.115. The molecule has 0 aromatic carbocycles. The fraction of sp³-hybridized carbons (Fsp3) is 0.667. The maximum Gasteiger partial charge on any atom is 0.407 e. The number of carbonyl (C=O) groups excluding carboxylic acids is 1. The van der Waals surface area contributed by atoms with E-state index in [0.29, 0.717) is 13.0 Å². The zero-order chi connectivity index (χ0) is 8.43. The average Bonchev–Trinajstić information content (AvgIpc) is 2.32. The summed E-state index contributed by atoms with van der Waals surface area (Å²) in [6, 6.07) is -0.617. The van der Waals surface area contributed by atoms with Crippen molar-refractivity contribution in [2.45, 2.75) is 18.9 Å². The number of rotatable bonds is 1. The number of hydrogen-bond acceptors (Lipinski definition) is 2. The maximum atomic E-state index is 10.6. The summed E-state index contributed by atoms with van der Waals surface area (Å²) in [5.41, 5.74) is 0. The van der Waals surface area contributed by atoms with Crippen LogP contribution in [-0.2, 0) is 4.79 Å². The Balaban J connectivity index is 2.65. The number of hydrogen-bond donors (Lipinski definition) is 1. The van der Waals surface area contributed by atoms with Gasteiger partial charge in [-0.2, -0.15) is 0 Å². The molecular formula is C6H8ClNO3. The largest absolute Gasteiger partial charge is 0.465 e. The van der Waals surface area contributed by atoms with Gasteiger partial charge in [0.25, 0.3) is 0 Å². The van der Waals surface area contributed by atoms with Crippen molar-refractivity contribution in [2.75, 3.05) is 6.54 Å². The van der Waals surface area contributed by atoms with Crippen molar-refractivity contribution in [1.29, 1.82) is 0 Å². The minimum absolute atomic E-state index is 0.415. The minimum Gasteiger partial charge on any atom is -0.465 e. The Bertz CT molecular complexity index is 174. The number of halogens is 1. The normalized spacial score (nSPS) is 23.7. The van der Waals surface area contributed by atoms with Crippen molar-refractivity contribution in [3.63, 3.8) is 0 Å². The van der Waals surface area contributed by atoms with Crippen molar-refractivity contribution in [2.24, 2.45) is 0 Å². The Morgan fingerprint density at radius 1 is 1.55 bits per heavy atom. The van der Waals surface area contributed by atoms with Crippen LogP contribution in [0, 0.1) is 0 Å². The summed E-state index contributed by atoms with van der Waals surface area (Å²) in [5.74, 6) is 0. The Morgan fingerprint density at radius 3 is 2.55 bits per heavy atom. The molecule has 1 aliphatic heterocycles. The minimum atomic E-state index is -1.07. The van der Waals surface area contributed by atoms with Gasteiger partial charge in [-0.1, -0.05) is 0 Å². The number of amides is 1. The molecule has 0 bridgehead atoms. The van der Waals surface area contributed by atoms with E-state index in [9.17, 15) is 9.59 Å². The highest BCUT2D eigenvalue weighted by Crippen LogP contribution is 2.18. The quantitative estimate of drug-likeness (QED) is 0.606. The average molecular weight is 178 g/mol. The zero-order valence-electron chi connectivity index (χ0n) is 5.79. The van der Waals surface area contributed by atoms with Crippen LogP contribution in [0.15, 0.2) is 0 Å². The topological polar surface area (TPSA) is 57.6 Å². The summed E-state index contributed by atoms with van der Waals surface area (Å²) in [4.78, 5) is 22.1. The Hall–Kier alpha value is -0.770. The van der Waals surface area contributed by atoms with Crippen LogP contribution < -0.4 is 0 Å². The van der Waals surface area contributed by atoms with Crippen molar-refractivity contribution >= 4 is 22.9 Å². The van der Waals surface area contributed by atoms with Gasteiger partial charge in [-0.05, 0) is 24.4 Å². The molecule has 0 aliphatic carbocycles. The highest BCUT2D eigenvalue weighted by molar-refractivity contribution is 6.64. The highest BCUT2D eigenvalue weighted by atomic mass is 35.5. The van der Waals surface area contributed by atoms with E-state index in [1.54, 1.807) is 0 Å². The summed E-state index contributed by atoms with van der Waals surface area (Å²) in [6.45, 7) is 0.415. The van der Waals surface area contributed by atoms with Crippen LogP contribution in [0.25, 0.3) is 0 Å². The summed E-state index contributed by atoms with van der Waals surface area (Å²) >= 11 is 5.18. The molecule has 62 valence electrons. The van der Waals surface area contributed by atoms with Gasteiger partial charge in [0, 0.05) is 6.54 Å². The molecule has 1 unspecified atom stereocenters. The molecule has 1 amide bonds. The second-order valence-electron chi connectivity index (χ2n) is 2.44. The summed E-state index contributed by atoms with van der Waals surface area (Å²) in [6.07, 6.45) is 0.200. The lowest BCUT2D eigenvalue weighted by Gasteiger charge is -2.16. The van der Waals surface area contributed by atoms with Gasteiger partial charge in [0.2, 0.25) is 5.24 Å². The first kappa shape index (κ1) is 8.33. The lowest BCUT2D eigenvalue weighted by Crippen LogP contribution is -2.37. The first-order chi connectivity index (χ1) is 5.13. The molecule has 1 aliphatic rings. The predicted octanol–water partition coefficient (Wildman–Crippen LogP) is 0.894.